The summed E-state index contributed by atoms with van der Waals surface area (Å²) >= 11 is 6.18. The minimum atomic E-state index is -0.327. The number of piperidine rings is 1. The van der Waals surface area contributed by atoms with Crippen molar-refractivity contribution in [2.75, 3.05) is 31.5 Å². The van der Waals surface area contributed by atoms with E-state index in [1.807, 2.05) is 12.1 Å². The lowest BCUT2D eigenvalue weighted by Crippen LogP contribution is -2.39. The number of aromatic nitrogens is 2. The topological polar surface area (TPSA) is 41.0 Å². The van der Waals surface area contributed by atoms with Gasteiger partial charge in [0.25, 0.3) is 0 Å². The first-order valence-electron chi connectivity index (χ1n) is 11.9. The van der Waals surface area contributed by atoms with Crippen LogP contribution in [0.5, 0.6) is 0 Å². The Morgan fingerprint density at radius 3 is 2.61 bits per heavy atom. The van der Waals surface area contributed by atoms with Crippen LogP contribution in [0.4, 0.5) is 10.2 Å². The van der Waals surface area contributed by atoms with Gasteiger partial charge in [0.05, 0.1) is 10.7 Å². The van der Waals surface area contributed by atoms with Gasteiger partial charge in [-0.3, -0.25) is 0 Å². The minimum Gasteiger partial charge on any atom is -0.368 e. The molecule has 31 heavy (non-hydrogen) atoms. The van der Waals surface area contributed by atoms with E-state index in [2.05, 4.69) is 20.4 Å². The van der Waals surface area contributed by atoms with Gasteiger partial charge in [0.2, 0.25) is 0 Å². The molecule has 2 saturated carbocycles. The standard InChI is InChI=1S/C25H32ClFN4/c26-22-7-6-20(27)14-21(22)23-8-9-24(30-29-23)28-16-19-15-25(19)10-12-31(13-11-25)17-18-4-2-1-3-5-18/h6-9,14,18-19H,1-5,10-13,15-17H2,(H,28,30). The zero-order chi connectivity index (χ0) is 21.3. The number of hydrogen-bond acceptors (Lipinski definition) is 4. The van der Waals surface area contributed by atoms with Crippen molar-refractivity contribution in [3.8, 4) is 11.3 Å². The SMILES string of the molecule is Fc1ccc(Cl)c(-c2ccc(NCC3CC34CCN(CC3CCCCC3)CC4)nn2)c1. The highest BCUT2D eigenvalue weighted by Gasteiger charge is 2.54. The zero-order valence-corrected chi connectivity index (χ0v) is 18.9. The highest BCUT2D eigenvalue weighted by Crippen LogP contribution is 2.59. The summed E-state index contributed by atoms with van der Waals surface area (Å²) in [6, 6.07) is 8.05. The fourth-order valence-corrected chi connectivity index (χ4v) is 5.95. The fraction of sp³-hybridized carbons (Fsp3) is 0.600. The summed E-state index contributed by atoms with van der Waals surface area (Å²) in [7, 11) is 0. The summed E-state index contributed by atoms with van der Waals surface area (Å²) in [5.74, 6) is 2.13. The van der Waals surface area contributed by atoms with Crippen molar-refractivity contribution in [1.82, 2.24) is 15.1 Å². The molecule has 0 radical (unpaired) electrons. The second-order valence-corrected chi connectivity index (χ2v) is 10.3. The Bertz CT molecular complexity index is 889. The monoisotopic (exact) mass is 442 g/mol. The van der Waals surface area contributed by atoms with Crippen LogP contribution in [0.3, 0.4) is 0 Å². The van der Waals surface area contributed by atoms with Crippen molar-refractivity contribution in [1.29, 1.82) is 0 Å². The molecule has 1 spiro atoms. The summed E-state index contributed by atoms with van der Waals surface area (Å²) in [6.45, 7) is 4.83. The summed E-state index contributed by atoms with van der Waals surface area (Å²) in [6.07, 6.45) is 11.2. The predicted octanol–water partition coefficient (Wildman–Crippen LogP) is 6.03. The number of rotatable bonds is 6. The van der Waals surface area contributed by atoms with Crippen LogP contribution in [-0.2, 0) is 0 Å². The van der Waals surface area contributed by atoms with Crippen LogP contribution < -0.4 is 5.32 Å². The van der Waals surface area contributed by atoms with Gasteiger partial charge in [0.1, 0.15) is 11.6 Å². The normalized spacial score (nSPS) is 23.7. The van der Waals surface area contributed by atoms with Crippen molar-refractivity contribution in [2.24, 2.45) is 17.3 Å². The second-order valence-electron chi connectivity index (χ2n) is 9.88. The van der Waals surface area contributed by atoms with Crippen LogP contribution in [-0.4, -0.2) is 41.3 Å². The summed E-state index contributed by atoms with van der Waals surface area (Å²) in [5, 5.41) is 12.5. The molecule has 2 heterocycles. The molecule has 6 heteroatoms. The van der Waals surface area contributed by atoms with Gasteiger partial charge in [0.15, 0.2) is 0 Å². The minimum absolute atomic E-state index is 0.327. The lowest BCUT2D eigenvalue weighted by Gasteiger charge is -2.36. The smallest absolute Gasteiger partial charge is 0.148 e. The van der Waals surface area contributed by atoms with Crippen LogP contribution in [0.1, 0.15) is 51.4 Å². The molecule has 1 atom stereocenters. The van der Waals surface area contributed by atoms with Crippen molar-refractivity contribution in [3.63, 3.8) is 0 Å². The van der Waals surface area contributed by atoms with E-state index in [-0.39, 0.29) is 5.82 Å². The molecule has 166 valence electrons. The molecule has 3 fully saturated rings. The van der Waals surface area contributed by atoms with Crippen molar-refractivity contribution in [3.05, 3.63) is 41.2 Å². The molecule has 1 N–H and O–H groups in total. The zero-order valence-electron chi connectivity index (χ0n) is 18.1. The molecule has 4 nitrogen and oxygen atoms in total. The quantitative estimate of drug-likeness (QED) is 0.592. The maximum absolute atomic E-state index is 13.5. The van der Waals surface area contributed by atoms with E-state index in [1.54, 1.807) is 6.07 Å². The first kappa shape index (κ1) is 21.1. The summed E-state index contributed by atoms with van der Waals surface area (Å²) < 4.78 is 13.5. The Balaban J connectivity index is 1.09. The lowest BCUT2D eigenvalue weighted by atomic mass is 9.86. The van der Waals surface area contributed by atoms with E-state index >= 15 is 0 Å². The number of anilines is 1. The van der Waals surface area contributed by atoms with Gasteiger partial charge in [-0.2, -0.15) is 0 Å². The maximum atomic E-state index is 13.5. The Kier molecular flexibility index (Phi) is 6.16. The Morgan fingerprint density at radius 2 is 1.87 bits per heavy atom. The average molecular weight is 443 g/mol. The lowest BCUT2D eigenvalue weighted by molar-refractivity contribution is 0.131. The summed E-state index contributed by atoms with van der Waals surface area (Å²) in [5.41, 5.74) is 1.71. The first-order valence-corrected chi connectivity index (χ1v) is 12.2. The van der Waals surface area contributed by atoms with Crippen LogP contribution in [0.2, 0.25) is 5.02 Å². The second kappa shape index (κ2) is 9.03. The number of halogens is 2. The number of hydrogen-bond donors (Lipinski definition) is 1. The van der Waals surface area contributed by atoms with Crippen molar-refractivity contribution in [2.45, 2.75) is 51.4 Å². The van der Waals surface area contributed by atoms with Gasteiger partial charge in [-0.1, -0.05) is 30.9 Å². The van der Waals surface area contributed by atoms with Crippen LogP contribution >= 0.6 is 11.6 Å². The van der Waals surface area contributed by atoms with Crippen molar-refractivity contribution >= 4 is 17.4 Å². The molecule has 5 rings (SSSR count). The van der Waals surface area contributed by atoms with Crippen LogP contribution in [0.15, 0.2) is 30.3 Å². The van der Waals surface area contributed by atoms with Crippen LogP contribution in [0.25, 0.3) is 11.3 Å². The van der Waals surface area contributed by atoms with Gasteiger partial charge >= 0.3 is 0 Å². The Morgan fingerprint density at radius 1 is 1.06 bits per heavy atom. The first-order chi connectivity index (χ1) is 15.1. The Hall–Kier alpha value is -1.72. The van der Waals surface area contributed by atoms with Gasteiger partial charge in [-0.15, -0.1) is 10.2 Å². The Labute approximate surface area is 189 Å². The van der Waals surface area contributed by atoms with Gasteiger partial charge in [-0.25, -0.2) is 4.39 Å². The van der Waals surface area contributed by atoms with Gasteiger partial charge in [0, 0.05) is 18.7 Å². The molecule has 0 bridgehead atoms. The summed E-state index contributed by atoms with van der Waals surface area (Å²) in [4.78, 5) is 2.73. The molecular weight excluding hydrogens is 411 g/mol. The highest BCUT2D eigenvalue weighted by atomic mass is 35.5. The molecule has 1 unspecified atom stereocenters. The number of benzene rings is 1. The van der Waals surface area contributed by atoms with Crippen LogP contribution in [0, 0.1) is 23.1 Å². The number of nitrogens with zero attached hydrogens (tertiary/aromatic N) is 3. The van der Waals surface area contributed by atoms with Crippen molar-refractivity contribution < 1.29 is 4.39 Å². The molecule has 0 amide bonds. The molecular formula is C25H32ClFN4. The average Bonchev–Trinajstić information content (AvgIpc) is 3.48. The highest BCUT2D eigenvalue weighted by molar-refractivity contribution is 6.33. The number of nitrogens with one attached hydrogen (secondary N) is 1. The molecule has 1 aliphatic heterocycles. The third-order valence-corrected chi connectivity index (χ3v) is 8.18. The number of likely N-dealkylation sites (tertiary alicyclic amines) is 1. The van der Waals surface area contributed by atoms with E-state index in [1.165, 1.54) is 83.1 Å². The predicted molar refractivity (Wildman–Crippen MR) is 124 cm³/mol. The maximum Gasteiger partial charge on any atom is 0.148 e. The molecule has 2 aliphatic carbocycles. The van der Waals surface area contributed by atoms with E-state index < -0.39 is 0 Å². The molecule has 1 aromatic heterocycles. The molecule has 1 saturated heterocycles. The van der Waals surface area contributed by atoms with Gasteiger partial charge < -0.3 is 10.2 Å². The van der Waals surface area contributed by atoms with E-state index in [4.69, 9.17) is 11.6 Å². The van der Waals surface area contributed by atoms with E-state index in [0.717, 1.165) is 24.2 Å². The third-order valence-electron chi connectivity index (χ3n) is 7.85. The van der Waals surface area contributed by atoms with E-state index in [9.17, 15) is 4.39 Å². The third kappa shape index (κ3) is 4.88. The van der Waals surface area contributed by atoms with E-state index in [0.29, 0.717) is 21.7 Å². The molecule has 2 aromatic rings. The largest absolute Gasteiger partial charge is 0.368 e. The van der Waals surface area contributed by atoms with Gasteiger partial charge in [-0.05, 0) is 92.8 Å². The molecule has 1 aromatic carbocycles. The fourth-order valence-electron chi connectivity index (χ4n) is 5.74. The molecule has 3 aliphatic rings.